The Labute approximate surface area is 146 Å². The summed E-state index contributed by atoms with van der Waals surface area (Å²) in [5.41, 5.74) is 2.95. The van der Waals surface area contributed by atoms with Gasteiger partial charge in [-0.1, -0.05) is 31.9 Å². The Balaban J connectivity index is 2.39. The highest BCUT2D eigenvalue weighted by Gasteiger charge is 2.32. The molecule has 0 bridgehead atoms. The highest BCUT2D eigenvalue weighted by Crippen LogP contribution is 2.29. The van der Waals surface area contributed by atoms with Crippen molar-refractivity contribution >= 4 is 37.6 Å². The van der Waals surface area contributed by atoms with E-state index >= 15 is 0 Å². The van der Waals surface area contributed by atoms with Crippen molar-refractivity contribution in [2.24, 2.45) is 0 Å². The third kappa shape index (κ3) is 3.57. The number of carbonyl (C=O) groups excluding carboxylic acids is 1. The quantitative estimate of drug-likeness (QED) is 0.662. The Morgan fingerprint density at radius 2 is 1.23 bits per heavy atom. The maximum atomic E-state index is 13.0. The highest BCUT2D eigenvalue weighted by atomic mass is 79.9. The molecule has 2 heterocycles. The van der Waals surface area contributed by atoms with Crippen molar-refractivity contribution in [3.63, 3.8) is 0 Å². The van der Waals surface area contributed by atoms with Gasteiger partial charge >= 0.3 is 0 Å². The van der Waals surface area contributed by atoms with Gasteiger partial charge in [-0.3, -0.25) is 24.7 Å². The van der Waals surface area contributed by atoms with Gasteiger partial charge in [-0.15, -0.1) is 0 Å². The normalized spacial score (nSPS) is 13.6. The number of Topliss-reactive ketones (excluding diaryl/α,β-unsaturated/α-hetero) is 1. The molecule has 0 saturated heterocycles. The molecule has 0 spiro atoms. The number of rotatable bonds is 6. The summed E-state index contributed by atoms with van der Waals surface area (Å²) in [7, 11) is 0. The molecule has 0 aliphatic carbocycles. The standard InChI is InChI=1S/C15H16Br2N4O/c1-9-13(20-5-3-18-9)11(7-16)15(22)12(8-17)14-10(2)19-4-6-21-14/h3-6,11-12H,7-8H2,1-2H3. The van der Waals surface area contributed by atoms with Gasteiger partial charge in [0.25, 0.3) is 0 Å². The number of ketones is 1. The Morgan fingerprint density at radius 1 is 0.864 bits per heavy atom. The molecule has 0 amide bonds. The summed E-state index contributed by atoms with van der Waals surface area (Å²) >= 11 is 6.87. The molecule has 0 N–H and O–H groups in total. The van der Waals surface area contributed by atoms with Crippen molar-refractivity contribution < 1.29 is 4.79 Å². The molecule has 2 unspecified atom stereocenters. The minimum absolute atomic E-state index is 0.0564. The van der Waals surface area contributed by atoms with Crippen molar-refractivity contribution in [1.82, 2.24) is 19.9 Å². The van der Waals surface area contributed by atoms with Gasteiger partial charge in [0.05, 0.1) is 34.6 Å². The number of nitrogens with zero attached hydrogens (tertiary/aromatic N) is 4. The van der Waals surface area contributed by atoms with Gasteiger partial charge in [0.15, 0.2) is 5.78 Å². The van der Waals surface area contributed by atoms with Gasteiger partial charge < -0.3 is 0 Å². The molecule has 116 valence electrons. The van der Waals surface area contributed by atoms with Crippen LogP contribution >= 0.6 is 31.9 Å². The molecule has 5 nitrogen and oxygen atoms in total. The van der Waals surface area contributed by atoms with Crippen LogP contribution in [0.1, 0.15) is 34.6 Å². The molecular formula is C15H16Br2N4O. The topological polar surface area (TPSA) is 68.6 Å². The maximum Gasteiger partial charge on any atom is 0.152 e. The lowest BCUT2D eigenvalue weighted by Gasteiger charge is -2.20. The summed E-state index contributed by atoms with van der Waals surface area (Å²) in [5, 5.41) is 0.988. The molecule has 2 atom stereocenters. The molecule has 7 heteroatoms. The SMILES string of the molecule is Cc1nccnc1C(CBr)C(=O)C(CBr)c1nccnc1C. The third-order valence-electron chi connectivity index (χ3n) is 3.49. The lowest BCUT2D eigenvalue weighted by atomic mass is 9.89. The summed E-state index contributed by atoms with van der Waals surface area (Å²) in [6, 6.07) is 0. The Bertz CT molecular complexity index is 610. The fraction of sp³-hybridized carbons (Fsp3) is 0.400. The van der Waals surface area contributed by atoms with Crippen LogP contribution in [0.5, 0.6) is 0 Å². The lowest BCUT2D eigenvalue weighted by molar-refractivity contribution is -0.121. The number of hydrogen-bond donors (Lipinski definition) is 0. The van der Waals surface area contributed by atoms with Gasteiger partial charge in [0, 0.05) is 35.4 Å². The van der Waals surface area contributed by atoms with E-state index in [0.717, 1.165) is 11.4 Å². The smallest absolute Gasteiger partial charge is 0.152 e. The average Bonchev–Trinajstić information content (AvgIpc) is 2.52. The largest absolute Gasteiger partial charge is 0.298 e. The van der Waals surface area contributed by atoms with E-state index in [9.17, 15) is 4.79 Å². The van der Waals surface area contributed by atoms with Gasteiger partial charge in [0.2, 0.25) is 0 Å². The molecule has 22 heavy (non-hydrogen) atoms. The van der Waals surface area contributed by atoms with Crippen molar-refractivity contribution in [3.8, 4) is 0 Å². The number of halogens is 2. The fourth-order valence-electron chi connectivity index (χ4n) is 2.33. The number of carbonyl (C=O) groups is 1. The van der Waals surface area contributed by atoms with Crippen LogP contribution in [0.15, 0.2) is 24.8 Å². The van der Waals surface area contributed by atoms with E-state index in [2.05, 4.69) is 51.8 Å². The maximum absolute atomic E-state index is 13.0. The zero-order valence-corrected chi connectivity index (χ0v) is 15.5. The van der Waals surface area contributed by atoms with Crippen molar-refractivity contribution in [2.45, 2.75) is 25.7 Å². The molecule has 0 aromatic carbocycles. The van der Waals surface area contributed by atoms with E-state index in [1.807, 2.05) is 13.8 Å². The summed E-state index contributed by atoms with van der Waals surface area (Å²) < 4.78 is 0. The Hall–Kier alpha value is -1.21. The monoisotopic (exact) mass is 426 g/mol. The van der Waals surface area contributed by atoms with E-state index in [1.165, 1.54) is 0 Å². The molecular weight excluding hydrogens is 412 g/mol. The van der Waals surface area contributed by atoms with E-state index < -0.39 is 0 Å². The second kappa shape index (κ2) is 7.87. The number of aromatic nitrogens is 4. The fourth-order valence-corrected chi connectivity index (χ4v) is 3.58. The molecule has 2 aromatic heterocycles. The minimum Gasteiger partial charge on any atom is -0.298 e. The van der Waals surface area contributed by atoms with Crippen LogP contribution in [0, 0.1) is 13.8 Å². The molecule has 0 fully saturated rings. The van der Waals surface area contributed by atoms with Gasteiger partial charge in [-0.25, -0.2) is 0 Å². The van der Waals surface area contributed by atoms with Crippen LogP contribution in [0.2, 0.25) is 0 Å². The van der Waals surface area contributed by atoms with Crippen LogP contribution in [0.25, 0.3) is 0 Å². The molecule has 0 aliphatic heterocycles. The summed E-state index contributed by atoms with van der Waals surface area (Å²) in [6.45, 7) is 3.73. The first-order valence-corrected chi connectivity index (χ1v) is 9.05. The highest BCUT2D eigenvalue weighted by molar-refractivity contribution is 9.09. The molecule has 2 rings (SSSR count). The number of aryl methyl sites for hydroxylation is 2. The van der Waals surface area contributed by atoms with E-state index in [4.69, 9.17) is 0 Å². The van der Waals surface area contributed by atoms with Gasteiger partial charge in [-0.05, 0) is 13.8 Å². The number of alkyl halides is 2. The first-order chi connectivity index (χ1) is 10.6. The average molecular weight is 428 g/mol. The second-order valence-corrected chi connectivity index (χ2v) is 6.17. The molecule has 0 aliphatic rings. The van der Waals surface area contributed by atoms with Gasteiger partial charge in [0.1, 0.15) is 0 Å². The zero-order chi connectivity index (χ0) is 16.1. The molecule has 0 radical (unpaired) electrons. The zero-order valence-electron chi connectivity index (χ0n) is 12.3. The van der Waals surface area contributed by atoms with Crippen LogP contribution in [0.3, 0.4) is 0 Å². The minimum atomic E-state index is -0.363. The van der Waals surface area contributed by atoms with Crippen LogP contribution < -0.4 is 0 Å². The van der Waals surface area contributed by atoms with Gasteiger partial charge in [-0.2, -0.15) is 0 Å². The van der Waals surface area contributed by atoms with Crippen LogP contribution in [0.4, 0.5) is 0 Å². The summed E-state index contributed by atoms with van der Waals surface area (Å²) in [4.78, 5) is 30.2. The predicted molar refractivity (Wildman–Crippen MR) is 91.6 cm³/mol. The Morgan fingerprint density at radius 3 is 1.55 bits per heavy atom. The molecule has 2 aromatic rings. The molecule has 0 saturated carbocycles. The van der Waals surface area contributed by atoms with Crippen LogP contribution in [-0.4, -0.2) is 36.4 Å². The lowest BCUT2D eigenvalue weighted by Crippen LogP contribution is -2.26. The van der Waals surface area contributed by atoms with E-state index in [1.54, 1.807) is 24.8 Å². The van der Waals surface area contributed by atoms with Crippen molar-refractivity contribution in [2.75, 3.05) is 10.7 Å². The second-order valence-electron chi connectivity index (χ2n) is 4.87. The van der Waals surface area contributed by atoms with E-state index in [0.29, 0.717) is 22.0 Å². The first kappa shape index (κ1) is 17.1. The third-order valence-corrected chi connectivity index (χ3v) is 4.79. The Kier molecular flexibility index (Phi) is 6.14. The van der Waals surface area contributed by atoms with E-state index in [-0.39, 0.29) is 17.6 Å². The van der Waals surface area contributed by atoms with Crippen LogP contribution in [-0.2, 0) is 4.79 Å². The van der Waals surface area contributed by atoms with Crippen molar-refractivity contribution in [1.29, 1.82) is 0 Å². The summed E-state index contributed by atoms with van der Waals surface area (Å²) in [6.07, 6.45) is 6.48. The predicted octanol–water partition coefficient (Wildman–Crippen LogP) is 3.11. The first-order valence-electron chi connectivity index (χ1n) is 6.80. The van der Waals surface area contributed by atoms with Crippen molar-refractivity contribution in [3.05, 3.63) is 47.6 Å². The number of hydrogen-bond acceptors (Lipinski definition) is 5. The summed E-state index contributed by atoms with van der Waals surface area (Å²) in [5.74, 6) is -0.670.